The van der Waals surface area contributed by atoms with Crippen LogP contribution in [0.5, 0.6) is 0 Å². The van der Waals surface area contributed by atoms with E-state index in [-0.39, 0.29) is 5.82 Å². The molecular weight excluding hydrogens is 239 g/mol. The largest absolute Gasteiger partial charge is 0.380 e. The first-order chi connectivity index (χ1) is 9.10. The number of halogens is 1. The van der Waals surface area contributed by atoms with Gasteiger partial charge in [0.15, 0.2) is 0 Å². The highest BCUT2D eigenvalue weighted by atomic mass is 19.1. The Morgan fingerprint density at radius 3 is 2.68 bits per heavy atom. The van der Waals surface area contributed by atoms with Gasteiger partial charge < -0.3 is 10.2 Å². The van der Waals surface area contributed by atoms with Crippen LogP contribution in [0.15, 0.2) is 18.2 Å². The maximum atomic E-state index is 13.7. The summed E-state index contributed by atoms with van der Waals surface area (Å²) in [6, 6.07) is 5.58. The molecule has 0 amide bonds. The lowest BCUT2D eigenvalue weighted by Crippen LogP contribution is -2.39. The zero-order valence-electron chi connectivity index (χ0n) is 12.2. The van der Waals surface area contributed by atoms with Crippen molar-refractivity contribution in [1.82, 2.24) is 4.90 Å². The molecule has 3 heteroatoms. The van der Waals surface area contributed by atoms with Crippen molar-refractivity contribution in [2.24, 2.45) is 5.92 Å². The van der Waals surface area contributed by atoms with Crippen molar-refractivity contribution in [3.05, 3.63) is 29.6 Å². The second-order valence-corrected chi connectivity index (χ2v) is 5.69. The average Bonchev–Trinajstić information content (AvgIpc) is 2.43. The lowest BCUT2D eigenvalue weighted by atomic mass is 9.90. The number of nitrogens with one attached hydrogen (secondary N) is 1. The molecule has 19 heavy (non-hydrogen) atoms. The van der Waals surface area contributed by atoms with E-state index in [2.05, 4.69) is 24.1 Å². The number of rotatable bonds is 4. The molecule has 2 nitrogen and oxygen atoms in total. The van der Waals surface area contributed by atoms with Gasteiger partial charge in [-0.05, 0) is 69.9 Å². The van der Waals surface area contributed by atoms with Crippen LogP contribution >= 0.6 is 0 Å². The molecule has 1 unspecified atom stereocenters. The van der Waals surface area contributed by atoms with Crippen molar-refractivity contribution in [1.29, 1.82) is 0 Å². The van der Waals surface area contributed by atoms with Crippen LogP contribution in [-0.4, -0.2) is 30.6 Å². The maximum Gasteiger partial charge on any atom is 0.146 e. The number of anilines is 1. The molecule has 1 atom stereocenters. The third kappa shape index (κ3) is 3.69. The van der Waals surface area contributed by atoms with Gasteiger partial charge in [0.25, 0.3) is 0 Å². The number of hydrogen-bond acceptors (Lipinski definition) is 2. The van der Waals surface area contributed by atoms with E-state index in [0.29, 0.717) is 17.6 Å². The Morgan fingerprint density at radius 2 is 2.05 bits per heavy atom. The molecule has 0 bridgehead atoms. The van der Waals surface area contributed by atoms with E-state index in [1.807, 2.05) is 19.1 Å². The van der Waals surface area contributed by atoms with E-state index in [1.54, 1.807) is 6.07 Å². The molecule has 0 aromatic heterocycles. The van der Waals surface area contributed by atoms with E-state index < -0.39 is 0 Å². The van der Waals surface area contributed by atoms with Gasteiger partial charge in [0.1, 0.15) is 5.82 Å². The SMILES string of the molecule is CCN1CCC(C(C)Nc2cc(C)ccc2F)CC1. The minimum absolute atomic E-state index is 0.150. The van der Waals surface area contributed by atoms with Gasteiger partial charge in [-0.2, -0.15) is 0 Å². The van der Waals surface area contributed by atoms with Crippen LogP contribution in [-0.2, 0) is 0 Å². The first kappa shape index (κ1) is 14.3. The second-order valence-electron chi connectivity index (χ2n) is 5.69. The molecular formula is C16H25FN2. The lowest BCUT2D eigenvalue weighted by Gasteiger charge is -2.35. The number of likely N-dealkylation sites (tertiary alicyclic amines) is 1. The summed E-state index contributed by atoms with van der Waals surface area (Å²) in [6.07, 6.45) is 2.41. The molecule has 106 valence electrons. The van der Waals surface area contributed by atoms with Crippen molar-refractivity contribution < 1.29 is 4.39 Å². The fourth-order valence-corrected chi connectivity index (χ4v) is 2.88. The summed E-state index contributed by atoms with van der Waals surface area (Å²) in [7, 11) is 0. The van der Waals surface area contributed by atoms with Crippen molar-refractivity contribution in [2.45, 2.75) is 39.7 Å². The molecule has 1 aliphatic heterocycles. The molecule has 2 rings (SSSR count). The predicted octanol–water partition coefficient (Wildman–Crippen LogP) is 3.67. The third-order valence-electron chi connectivity index (χ3n) is 4.29. The summed E-state index contributed by atoms with van der Waals surface area (Å²) in [5.41, 5.74) is 1.74. The highest BCUT2D eigenvalue weighted by Gasteiger charge is 2.23. The fourth-order valence-electron chi connectivity index (χ4n) is 2.88. The standard InChI is InChI=1S/C16H25FN2/c1-4-19-9-7-14(8-10-19)13(3)18-16-11-12(2)5-6-15(16)17/h5-6,11,13-14,18H,4,7-10H2,1-3H3. The Kier molecular flexibility index (Phi) is 4.81. The normalized spacial score (nSPS) is 19.4. The third-order valence-corrected chi connectivity index (χ3v) is 4.29. The van der Waals surface area contributed by atoms with Crippen LogP contribution in [0.1, 0.15) is 32.3 Å². The average molecular weight is 264 g/mol. The van der Waals surface area contributed by atoms with Crippen LogP contribution in [0.25, 0.3) is 0 Å². The molecule has 1 aliphatic rings. The minimum Gasteiger partial charge on any atom is -0.380 e. The fraction of sp³-hybridized carbons (Fsp3) is 0.625. The van der Waals surface area contributed by atoms with E-state index in [1.165, 1.54) is 25.9 Å². The monoisotopic (exact) mass is 264 g/mol. The first-order valence-electron chi connectivity index (χ1n) is 7.35. The van der Waals surface area contributed by atoms with Gasteiger partial charge in [-0.25, -0.2) is 4.39 Å². The molecule has 0 saturated carbocycles. The Morgan fingerprint density at radius 1 is 1.37 bits per heavy atom. The van der Waals surface area contributed by atoms with Gasteiger partial charge in [0.05, 0.1) is 5.69 Å². The van der Waals surface area contributed by atoms with E-state index in [4.69, 9.17) is 0 Å². The number of piperidine rings is 1. The van der Waals surface area contributed by atoms with Gasteiger partial charge in [0, 0.05) is 6.04 Å². The van der Waals surface area contributed by atoms with Gasteiger partial charge in [0.2, 0.25) is 0 Å². The predicted molar refractivity (Wildman–Crippen MR) is 79.1 cm³/mol. The van der Waals surface area contributed by atoms with Gasteiger partial charge in [-0.1, -0.05) is 13.0 Å². The number of aryl methyl sites for hydroxylation is 1. The molecule has 1 aromatic carbocycles. The van der Waals surface area contributed by atoms with Crippen LogP contribution in [0.3, 0.4) is 0 Å². The first-order valence-corrected chi connectivity index (χ1v) is 7.35. The molecule has 0 spiro atoms. The van der Waals surface area contributed by atoms with E-state index in [0.717, 1.165) is 12.1 Å². The second kappa shape index (κ2) is 6.38. The summed E-state index contributed by atoms with van der Waals surface area (Å²) in [5.74, 6) is 0.492. The van der Waals surface area contributed by atoms with Crippen molar-refractivity contribution >= 4 is 5.69 Å². The van der Waals surface area contributed by atoms with Crippen LogP contribution in [0, 0.1) is 18.7 Å². The molecule has 1 aromatic rings. The highest BCUT2D eigenvalue weighted by Crippen LogP contribution is 2.24. The molecule has 0 radical (unpaired) electrons. The molecule has 1 N–H and O–H groups in total. The lowest BCUT2D eigenvalue weighted by molar-refractivity contribution is 0.183. The summed E-state index contributed by atoms with van der Waals surface area (Å²) in [4.78, 5) is 2.48. The topological polar surface area (TPSA) is 15.3 Å². The van der Waals surface area contributed by atoms with E-state index in [9.17, 15) is 4.39 Å². The Labute approximate surface area is 116 Å². The van der Waals surface area contributed by atoms with Gasteiger partial charge in [-0.15, -0.1) is 0 Å². The van der Waals surface area contributed by atoms with Crippen LogP contribution in [0.4, 0.5) is 10.1 Å². The molecule has 1 fully saturated rings. The molecule has 0 aliphatic carbocycles. The van der Waals surface area contributed by atoms with Gasteiger partial charge >= 0.3 is 0 Å². The number of hydrogen-bond donors (Lipinski definition) is 1. The maximum absolute atomic E-state index is 13.7. The Balaban J connectivity index is 1.94. The molecule has 1 saturated heterocycles. The number of nitrogens with zero attached hydrogens (tertiary/aromatic N) is 1. The minimum atomic E-state index is -0.150. The van der Waals surface area contributed by atoms with Gasteiger partial charge in [-0.3, -0.25) is 0 Å². The summed E-state index contributed by atoms with van der Waals surface area (Å²) in [5, 5.41) is 3.36. The van der Waals surface area contributed by atoms with Crippen molar-refractivity contribution in [2.75, 3.05) is 25.0 Å². The van der Waals surface area contributed by atoms with Crippen LogP contribution < -0.4 is 5.32 Å². The summed E-state index contributed by atoms with van der Waals surface area (Å²) < 4.78 is 13.7. The van der Waals surface area contributed by atoms with Crippen LogP contribution in [0.2, 0.25) is 0 Å². The highest BCUT2D eigenvalue weighted by molar-refractivity contribution is 5.47. The zero-order chi connectivity index (χ0) is 13.8. The molecule has 1 heterocycles. The summed E-state index contributed by atoms with van der Waals surface area (Å²) >= 11 is 0. The smallest absolute Gasteiger partial charge is 0.146 e. The number of benzene rings is 1. The quantitative estimate of drug-likeness (QED) is 0.892. The van der Waals surface area contributed by atoms with Crippen molar-refractivity contribution in [3.8, 4) is 0 Å². The van der Waals surface area contributed by atoms with Crippen molar-refractivity contribution in [3.63, 3.8) is 0 Å². The Hall–Kier alpha value is -1.09. The summed E-state index contributed by atoms with van der Waals surface area (Å²) in [6.45, 7) is 9.86. The van der Waals surface area contributed by atoms with E-state index >= 15 is 0 Å². The zero-order valence-corrected chi connectivity index (χ0v) is 12.2. The Bertz CT molecular complexity index is 411.